The predicted molar refractivity (Wildman–Crippen MR) is 206 cm³/mol. The molecule has 0 radical (unpaired) electrons. The van der Waals surface area contributed by atoms with E-state index in [4.69, 9.17) is 0 Å². The predicted octanol–water partition coefficient (Wildman–Crippen LogP) is 14.1. The van der Waals surface area contributed by atoms with Crippen LogP contribution >= 0.6 is 0 Å². The maximum Gasteiger partial charge on any atom is 0.0376 e. The summed E-state index contributed by atoms with van der Waals surface area (Å²) in [5.74, 6) is 0. The van der Waals surface area contributed by atoms with Gasteiger partial charge in [-0.3, -0.25) is 4.99 Å². The van der Waals surface area contributed by atoms with Crippen molar-refractivity contribution in [3.8, 4) is 0 Å². The van der Waals surface area contributed by atoms with Crippen LogP contribution in [0.4, 0.5) is 0 Å². The fourth-order valence-corrected chi connectivity index (χ4v) is 6.09. The van der Waals surface area contributed by atoms with Crippen LogP contribution in [0.5, 0.6) is 0 Å². The van der Waals surface area contributed by atoms with Gasteiger partial charge >= 0.3 is 0 Å². The third kappa shape index (κ3) is 30.7. The highest BCUT2D eigenvalue weighted by molar-refractivity contribution is 5.64. The van der Waals surface area contributed by atoms with Gasteiger partial charge < -0.3 is 5.32 Å². The van der Waals surface area contributed by atoms with Gasteiger partial charge in [0.25, 0.3) is 0 Å². The topological polar surface area (TPSA) is 24.4 Å². The van der Waals surface area contributed by atoms with E-state index in [9.17, 15) is 0 Å². The number of nitrogens with one attached hydrogen (secondary N) is 1. The summed E-state index contributed by atoms with van der Waals surface area (Å²) in [5.41, 5.74) is 1.28. The maximum atomic E-state index is 4.51. The van der Waals surface area contributed by atoms with Crippen LogP contribution in [-0.4, -0.2) is 18.8 Å². The molecule has 0 bridgehead atoms. The molecular weight excluding hydrogens is 544 g/mol. The Morgan fingerprint density at radius 2 is 0.978 bits per heavy atom. The fraction of sp³-hybridized carbons (Fsp3) is 0.744. The minimum absolute atomic E-state index is 0.688. The van der Waals surface area contributed by atoms with Crippen molar-refractivity contribution < 1.29 is 0 Å². The lowest BCUT2D eigenvalue weighted by Gasteiger charge is -2.19. The minimum Gasteiger partial charge on any atom is -0.314 e. The molecule has 0 aromatic heterocycles. The fourth-order valence-electron chi connectivity index (χ4n) is 6.09. The van der Waals surface area contributed by atoms with E-state index in [0.29, 0.717) is 6.04 Å². The van der Waals surface area contributed by atoms with E-state index in [-0.39, 0.29) is 0 Å². The van der Waals surface area contributed by atoms with Crippen LogP contribution in [0.25, 0.3) is 0 Å². The first-order chi connectivity index (χ1) is 22.4. The standard InChI is InChI=1S/C43H76N2/c1-3-5-7-9-11-13-15-17-19-21-23-25-27-29-31-33-36-42(45-41-39-43-38-35-40-44-43)37-34-32-30-28-26-24-22-20-18-16-14-12-10-8-6-4-2/h11-14,17-20,38,40,42,45H,3-10,15-16,21-37,39,41H2,1-2H3/b13-11-,14-12-,19-17-,20-18-. The summed E-state index contributed by atoms with van der Waals surface area (Å²) in [4.78, 5) is 4.51. The van der Waals surface area contributed by atoms with Crippen LogP contribution in [0.15, 0.2) is 65.4 Å². The summed E-state index contributed by atoms with van der Waals surface area (Å²) in [7, 11) is 0. The lowest BCUT2D eigenvalue weighted by atomic mass is 9.99. The molecule has 45 heavy (non-hydrogen) atoms. The molecule has 1 aliphatic rings. The summed E-state index contributed by atoms with van der Waals surface area (Å²) >= 11 is 0. The second kappa shape index (κ2) is 35.2. The molecule has 0 unspecified atom stereocenters. The van der Waals surface area contributed by atoms with Gasteiger partial charge in [-0.1, -0.05) is 158 Å². The zero-order valence-electron chi connectivity index (χ0n) is 30.3. The Labute approximate surface area is 282 Å². The second-order valence-electron chi connectivity index (χ2n) is 13.4. The molecule has 1 rings (SSSR count). The van der Waals surface area contributed by atoms with Gasteiger partial charge in [-0.15, -0.1) is 0 Å². The minimum atomic E-state index is 0.688. The number of allylic oxidation sites excluding steroid dienone is 9. The molecule has 0 atom stereocenters. The Morgan fingerprint density at radius 1 is 0.556 bits per heavy atom. The van der Waals surface area contributed by atoms with Crippen molar-refractivity contribution in [1.29, 1.82) is 0 Å². The Hall–Kier alpha value is -1.67. The summed E-state index contributed by atoms with van der Waals surface area (Å²) in [6.07, 6.45) is 60.0. The molecule has 2 heteroatoms. The number of aliphatic imine (C=N–C) groups is 1. The first-order valence-corrected chi connectivity index (χ1v) is 19.9. The van der Waals surface area contributed by atoms with E-state index >= 15 is 0 Å². The summed E-state index contributed by atoms with van der Waals surface area (Å²) in [5, 5.41) is 3.91. The molecule has 0 fully saturated rings. The number of rotatable bonds is 34. The summed E-state index contributed by atoms with van der Waals surface area (Å²) in [6, 6.07) is 0.688. The average Bonchev–Trinajstić information content (AvgIpc) is 3.57. The molecular formula is C43H76N2. The highest BCUT2D eigenvalue weighted by Crippen LogP contribution is 2.16. The van der Waals surface area contributed by atoms with Gasteiger partial charge in [-0.2, -0.15) is 0 Å². The molecule has 0 spiro atoms. The molecule has 1 aliphatic heterocycles. The zero-order chi connectivity index (χ0) is 32.1. The molecule has 0 aromatic rings. The maximum absolute atomic E-state index is 4.51. The van der Waals surface area contributed by atoms with Crippen molar-refractivity contribution in [2.24, 2.45) is 4.99 Å². The molecule has 258 valence electrons. The van der Waals surface area contributed by atoms with Crippen molar-refractivity contribution in [2.75, 3.05) is 6.54 Å². The number of hydrogen-bond donors (Lipinski definition) is 1. The van der Waals surface area contributed by atoms with E-state index in [1.165, 1.54) is 160 Å². The zero-order valence-corrected chi connectivity index (χ0v) is 30.3. The van der Waals surface area contributed by atoms with Crippen molar-refractivity contribution >= 4 is 6.21 Å². The lowest BCUT2D eigenvalue weighted by Crippen LogP contribution is -2.30. The van der Waals surface area contributed by atoms with E-state index in [2.05, 4.69) is 78.8 Å². The van der Waals surface area contributed by atoms with Crippen LogP contribution < -0.4 is 5.32 Å². The molecule has 0 aromatic carbocycles. The largest absolute Gasteiger partial charge is 0.314 e. The Balaban J connectivity index is 2.06. The Bertz CT molecular complexity index is 736. The first-order valence-electron chi connectivity index (χ1n) is 19.9. The lowest BCUT2D eigenvalue weighted by molar-refractivity contribution is 0.413. The SMILES string of the molecule is CCCCC/C=C\C/C=C\CCCCCCCCC(CCCCCCCC/C=C\C/C=C\CCCCC)NCCC1=CCC=N1. The Kier molecular flexibility index (Phi) is 32.3. The van der Waals surface area contributed by atoms with Gasteiger partial charge in [0.1, 0.15) is 0 Å². The molecule has 0 saturated heterocycles. The van der Waals surface area contributed by atoms with E-state index < -0.39 is 0 Å². The monoisotopic (exact) mass is 621 g/mol. The van der Waals surface area contributed by atoms with E-state index in [0.717, 1.165) is 32.2 Å². The first kappa shape index (κ1) is 41.4. The van der Waals surface area contributed by atoms with Crippen LogP contribution in [0, 0.1) is 0 Å². The highest BCUT2D eigenvalue weighted by atomic mass is 14.9. The number of hydrogen-bond acceptors (Lipinski definition) is 2. The molecule has 1 N–H and O–H groups in total. The van der Waals surface area contributed by atoms with Crippen LogP contribution in [0.1, 0.15) is 194 Å². The molecule has 2 nitrogen and oxygen atoms in total. The van der Waals surface area contributed by atoms with Gasteiger partial charge in [0.05, 0.1) is 0 Å². The number of unbranched alkanes of at least 4 members (excludes halogenated alkanes) is 18. The quantitative estimate of drug-likeness (QED) is 0.0561. The van der Waals surface area contributed by atoms with Crippen molar-refractivity contribution in [3.63, 3.8) is 0 Å². The molecule has 0 amide bonds. The summed E-state index contributed by atoms with van der Waals surface area (Å²) < 4.78 is 0. The molecule has 1 heterocycles. The van der Waals surface area contributed by atoms with Crippen molar-refractivity contribution in [2.45, 2.75) is 200 Å². The normalized spacial score (nSPS) is 13.7. The van der Waals surface area contributed by atoms with Crippen LogP contribution in [0.2, 0.25) is 0 Å². The summed E-state index contributed by atoms with van der Waals surface area (Å²) in [6.45, 7) is 5.63. The smallest absolute Gasteiger partial charge is 0.0376 e. The average molecular weight is 621 g/mol. The van der Waals surface area contributed by atoms with Gasteiger partial charge in [0.2, 0.25) is 0 Å². The Morgan fingerprint density at radius 3 is 1.40 bits per heavy atom. The van der Waals surface area contributed by atoms with Crippen LogP contribution in [0.3, 0.4) is 0 Å². The number of nitrogens with zero attached hydrogens (tertiary/aromatic N) is 1. The van der Waals surface area contributed by atoms with E-state index in [1.54, 1.807) is 0 Å². The van der Waals surface area contributed by atoms with Crippen molar-refractivity contribution in [3.05, 3.63) is 60.4 Å². The van der Waals surface area contributed by atoms with Gasteiger partial charge in [-0.25, -0.2) is 0 Å². The highest BCUT2D eigenvalue weighted by Gasteiger charge is 2.09. The molecule has 0 aliphatic carbocycles. The third-order valence-corrected chi connectivity index (χ3v) is 9.04. The molecule has 0 saturated carbocycles. The van der Waals surface area contributed by atoms with Gasteiger partial charge in [-0.05, 0) is 77.0 Å². The third-order valence-electron chi connectivity index (χ3n) is 9.04. The van der Waals surface area contributed by atoms with Gasteiger partial charge in [0, 0.05) is 37.3 Å². The van der Waals surface area contributed by atoms with Crippen LogP contribution in [-0.2, 0) is 0 Å². The van der Waals surface area contributed by atoms with E-state index in [1.807, 2.05) is 6.21 Å². The van der Waals surface area contributed by atoms with Gasteiger partial charge in [0.15, 0.2) is 0 Å². The second-order valence-corrected chi connectivity index (χ2v) is 13.4. The van der Waals surface area contributed by atoms with Crippen molar-refractivity contribution in [1.82, 2.24) is 5.32 Å².